The number of aliphatic hydroxyl groups is 1. The Hall–Kier alpha value is -2.02. The van der Waals surface area contributed by atoms with Gasteiger partial charge < -0.3 is 23.9 Å². The summed E-state index contributed by atoms with van der Waals surface area (Å²) in [7, 11) is 1.65. The van der Waals surface area contributed by atoms with E-state index in [2.05, 4.69) is 13.8 Å². The maximum atomic E-state index is 12.5. The molecule has 0 saturated carbocycles. The van der Waals surface area contributed by atoms with Crippen molar-refractivity contribution in [3.63, 3.8) is 0 Å². The number of rotatable bonds is 8. The lowest BCUT2D eigenvalue weighted by Gasteiger charge is -2.26. The van der Waals surface area contributed by atoms with Crippen molar-refractivity contribution in [3.05, 3.63) is 45.2 Å². The molecule has 2 unspecified atom stereocenters. The molecule has 0 saturated heterocycles. The van der Waals surface area contributed by atoms with Gasteiger partial charge in [0.25, 0.3) is 0 Å². The predicted octanol–water partition coefficient (Wildman–Crippen LogP) is 4.06. The van der Waals surface area contributed by atoms with E-state index in [0.717, 1.165) is 24.1 Å². The molecule has 0 fully saturated rings. The lowest BCUT2D eigenvalue weighted by Crippen LogP contribution is -2.25. The van der Waals surface area contributed by atoms with E-state index in [4.69, 9.17) is 25.8 Å². The van der Waals surface area contributed by atoms with Gasteiger partial charge in [-0.05, 0) is 12.0 Å². The van der Waals surface area contributed by atoms with Crippen molar-refractivity contribution in [1.29, 1.82) is 0 Å². The van der Waals surface area contributed by atoms with E-state index < -0.39 is 0 Å². The van der Waals surface area contributed by atoms with Crippen molar-refractivity contribution in [2.24, 2.45) is 5.92 Å². The molecule has 0 amide bonds. The molecule has 6 nitrogen and oxygen atoms in total. The summed E-state index contributed by atoms with van der Waals surface area (Å²) in [4.78, 5) is 12.5. The summed E-state index contributed by atoms with van der Waals surface area (Å²) < 4.78 is 19.0. The number of methoxy groups -OCH3 is 1. The van der Waals surface area contributed by atoms with Gasteiger partial charge >= 0.3 is 0 Å². The summed E-state index contributed by atoms with van der Waals surface area (Å²) in [6.45, 7) is 5.53. The number of benzene rings is 1. The van der Waals surface area contributed by atoms with Crippen molar-refractivity contribution in [2.45, 2.75) is 39.3 Å². The van der Waals surface area contributed by atoms with Gasteiger partial charge in [0.1, 0.15) is 18.1 Å². The predicted molar refractivity (Wildman–Crippen MR) is 113 cm³/mol. The second kappa shape index (κ2) is 9.65. The first-order chi connectivity index (χ1) is 14.0. The highest BCUT2D eigenvalue weighted by atomic mass is 35.5. The van der Waals surface area contributed by atoms with Gasteiger partial charge in [0, 0.05) is 49.6 Å². The minimum absolute atomic E-state index is 0.0261. The largest absolute Gasteiger partial charge is 0.492 e. The first-order valence-corrected chi connectivity index (χ1v) is 10.3. The molecule has 158 valence electrons. The summed E-state index contributed by atoms with van der Waals surface area (Å²) in [5.74, 6) is 1.49. The van der Waals surface area contributed by atoms with Gasteiger partial charge in [0.15, 0.2) is 5.43 Å². The molecule has 3 rings (SSSR count). The number of fused-ring (bicyclic) bond motifs is 3. The standard InChI is InChI=1S/C22H28ClNO5/c1-4-14(2)19-13-29-21-10-22(28-7-5-6-27-3)17(23)8-16(21)18-9-20(26)15(12-25)11-24(18)19/h8-11,14,19,25H,4-7,12-13H2,1-3H3. The van der Waals surface area contributed by atoms with Crippen molar-refractivity contribution in [2.75, 3.05) is 26.9 Å². The maximum absolute atomic E-state index is 12.5. The Morgan fingerprint density at radius 2 is 2.14 bits per heavy atom. The van der Waals surface area contributed by atoms with Crippen molar-refractivity contribution in [3.8, 4) is 22.8 Å². The molecule has 0 bridgehead atoms. The Balaban J connectivity index is 2.07. The summed E-state index contributed by atoms with van der Waals surface area (Å²) in [5, 5.41) is 10.0. The van der Waals surface area contributed by atoms with E-state index in [1.165, 1.54) is 0 Å². The van der Waals surface area contributed by atoms with Gasteiger partial charge in [-0.3, -0.25) is 4.79 Å². The Morgan fingerprint density at radius 1 is 1.34 bits per heavy atom. The monoisotopic (exact) mass is 421 g/mol. The zero-order chi connectivity index (χ0) is 21.0. The number of nitrogens with zero attached hydrogens (tertiary/aromatic N) is 1. The average Bonchev–Trinajstić information content (AvgIpc) is 2.86. The lowest BCUT2D eigenvalue weighted by atomic mass is 9.98. The molecule has 1 aliphatic rings. The first-order valence-electron chi connectivity index (χ1n) is 9.94. The van der Waals surface area contributed by atoms with E-state index in [0.29, 0.717) is 47.8 Å². The molecular formula is C22H28ClNO5. The zero-order valence-corrected chi connectivity index (χ0v) is 17.9. The molecular weight excluding hydrogens is 394 g/mol. The molecule has 29 heavy (non-hydrogen) atoms. The summed E-state index contributed by atoms with van der Waals surface area (Å²) >= 11 is 6.48. The topological polar surface area (TPSA) is 69.9 Å². The number of aromatic nitrogens is 1. The van der Waals surface area contributed by atoms with Crippen molar-refractivity contribution >= 4 is 11.6 Å². The van der Waals surface area contributed by atoms with Crippen LogP contribution < -0.4 is 14.9 Å². The van der Waals surface area contributed by atoms with E-state index in [1.54, 1.807) is 31.5 Å². The fourth-order valence-electron chi connectivity index (χ4n) is 3.52. The third-order valence-electron chi connectivity index (χ3n) is 5.46. The van der Waals surface area contributed by atoms with Gasteiger partial charge in [0.2, 0.25) is 0 Å². The van der Waals surface area contributed by atoms with Crippen molar-refractivity contribution in [1.82, 2.24) is 4.57 Å². The molecule has 0 radical (unpaired) electrons. The number of ether oxygens (including phenoxy) is 3. The Morgan fingerprint density at radius 3 is 2.83 bits per heavy atom. The highest BCUT2D eigenvalue weighted by Crippen LogP contribution is 2.42. The Labute approximate surface area is 176 Å². The Bertz CT molecular complexity index is 911. The van der Waals surface area contributed by atoms with E-state index in [-0.39, 0.29) is 18.1 Å². The van der Waals surface area contributed by atoms with Crippen LogP contribution in [-0.2, 0) is 11.3 Å². The summed E-state index contributed by atoms with van der Waals surface area (Å²) in [6, 6.07) is 5.16. The van der Waals surface area contributed by atoms with Crippen LogP contribution in [0.4, 0.5) is 0 Å². The smallest absolute Gasteiger partial charge is 0.187 e. The van der Waals surface area contributed by atoms with Crippen LogP contribution in [0, 0.1) is 5.92 Å². The van der Waals surface area contributed by atoms with Crippen LogP contribution in [0.2, 0.25) is 5.02 Å². The Kier molecular flexibility index (Phi) is 7.22. The molecule has 2 heterocycles. The SMILES string of the molecule is CCC(C)C1COc2cc(OCCCOC)c(Cl)cc2-c2cc(=O)c(CO)cn21. The number of pyridine rings is 1. The molecule has 1 aliphatic heterocycles. The molecule has 2 aromatic rings. The van der Waals surface area contributed by atoms with Crippen LogP contribution >= 0.6 is 11.6 Å². The fraction of sp³-hybridized carbons (Fsp3) is 0.500. The molecule has 2 atom stereocenters. The number of halogens is 1. The summed E-state index contributed by atoms with van der Waals surface area (Å²) in [6.07, 6.45) is 3.46. The van der Waals surface area contributed by atoms with Crippen LogP contribution in [0.1, 0.15) is 38.3 Å². The second-order valence-electron chi connectivity index (χ2n) is 7.35. The fourth-order valence-corrected chi connectivity index (χ4v) is 3.74. The molecule has 7 heteroatoms. The number of aliphatic hydroxyl groups excluding tert-OH is 1. The molecule has 0 spiro atoms. The van der Waals surface area contributed by atoms with Crippen LogP contribution in [0.25, 0.3) is 11.3 Å². The quantitative estimate of drug-likeness (QED) is 0.651. The first kappa shape index (κ1) is 21.7. The van der Waals surface area contributed by atoms with Gasteiger partial charge in [-0.2, -0.15) is 0 Å². The molecule has 1 aromatic carbocycles. The molecule has 0 aliphatic carbocycles. The molecule has 1 aromatic heterocycles. The highest BCUT2D eigenvalue weighted by Gasteiger charge is 2.27. The van der Waals surface area contributed by atoms with Crippen LogP contribution in [0.5, 0.6) is 11.5 Å². The minimum Gasteiger partial charge on any atom is -0.492 e. The molecule has 1 N–H and O–H groups in total. The number of hydrogen-bond acceptors (Lipinski definition) is 5. The van der Waals surface area contributed by atoms with Gasteiger partial charge in [-0.15, -0.1) is 0 Å². The van der Waals surface area contributed by atoms with Gasteiger partial charge in [-0.25, -0.2) is 0 Å². The summed E-state index contributed by atoms with van der Waals surface area (Å²) in [5.41, 5.74) is 1.64. The maximum Gasteiger partial charge on any atom is 0.187 e. The van der Waals surface area contributed by atoms with Gasteiger partial charge in [-0.1, -0.05) is 31.9 Å². The average molecular weight is 422 g/mol. The van der Waals surface area contributed by atoms with Crippen LogP contribution in [-0.4, -0.2) is 36.6 Å². The third kappa shape index (κ3) is 4.60. The van der Waals surface area contributed by atoms with E-state index in [1.807, 2.05) is 4.57 Å². The van der Waals surface area contributed by atoms with Crippen molar-refractivity contribution < 1.29 is 19.3 Å². The highest BCUT2D eigenvalue weighted by molar-refractivity contribution is 6.32. The minimum atomic E-state index is -0.297. The third-order valence-corrected chi connectivity index (χ3v) is 5.75. The second-order valence-corrected chi connectivity index (χ2v) is 7.76. The number of hydrogen-bond donors (Lipinski definition) is 1. The normalized spacial score (nSPS) is 16.4. The van der Waals surface area contributed by atoms with Crippen LogP contribution in [0.15, 0.2) is 29.2 Å². The van der Waals surface area contributed by atoms with E-state index >= 15 is 0 Å². The zero-order valence-electron chi connectivity index (χ0n) is 17.1. The van der Waals surface area contributed by atoms with Crippen LogP contribution in [0.3, 0.4) is 0 Å². The lowest BCUT2D eigenvalue weighted by molar-refractivity contribution is 0.172. The van der Waals surface area contributed by atoms with Gasteiger partial charge in [0.05, 0.1) is 30.0 Å². The van der Waals surface area contributed by atoms with E-state index in [9.17, 15) is 9.90 Å².